The third kappa shape index (κ3) is 3.44. The number of Topliss-reactive ketones (excluding diaryl/α,β-unsaturated/α-hetero) is 1. The van der Waals surface area contributed by atoms with Gasteiger partial charge in [0.1, 0.15) is 5.78 Å². The molecule has 116 valence electrons. The van der Waals surface area contributed by atoms with Crippen molar-refractivity contribution in [3.63, 3.8) is 0 Å². The van der Waals surface area contributed by atoms with E-state index in [1.54, 1.807) is 30.3 Å². The van der Waals surface area contributed by atoms with Crippen molar-refractivity contribution in [1.82, 2.24) is 4.31 Å². The molecule has 0 radical (unpaired) electrons. The van der Waals surface area contributed by atoms with Crippen LogP contribution in [-0.4, -0.2) is 38.3 Å². The predicted molar refractivity (Wildman–Crippen MR) is 86.3 cm³/mol. The molecule has 0 spiro atoms. The van der Waals surface area contributed by atoms with E-state index in [4.69, 9.17) is 0 Å². The van der Waals surface area contributed by atoms with Gasteiger partial charge in [-0.1, -0.05) is 37.8 Å². The van der Waals surface area contributed by atoms with Gasteiger partial charge >= 0.3 is 0 Å². The maximum atomic E-state index is 13.0. The van der Waals surface area contributed by atoms with Gasteiger partial charge in [0, 0.05) is 6.04 Å². The maximum Gasteiger partial charge on any atom is 0.243 e. The van der Waals surface area contributed by atoms with Crippen molar-refractivity contribution in [2.24, 2.45) is 0 Å². The molecule has 1 aromatic carbocycles. The summed E-state index contributed by atoms with van der Waals surface area (Å²) in [5.41, 5.74) is -0.491. The van der Waals surface area contributed by atoms with Gasteiger partial charge < -0.3 is 0 Å². The van der Waals surface area contributed by atoms with Gasteiger partial charge in [-0.3, -0.25) is 4.79 Å². The number of hydrogen-bond acceptors (Lipinski definition) is 3. The Morgan fingerprint density at radius 3 is 2.10 bits per heavy atom. The summed E-state index contributed by atoms with van der Waals surface area (Å²) in [6, 6.07) is 8.42. The van der Waals surface area contributed by atoms with Gasteiger partial charge in [-0.05, 0) is 31.9 Å². The molecular weight excluding hydrogens is 302 g/mol. The minimum absolute atomic E-state index is 0.0177. The van der Waals surface area contributed by atoms with Gasteiger partial charge in [0.25, 0.3) is 0 Å². The lowest BCUT2D eigenvalue weighted by Gasteiger charge is -2.36. The fourth-order valence-electron chi connectivity index (χ4n) is 2.76. The van der Waals surface area contributed by atoms with Crippen LogP contribution in [-0.2, 0) is 14.8 Å². The smallest absolute Gasteiger partial charge is 0.243 e. The zero-order valence-electron chi connectivity index (χ0n) is 13.0. The first-order valence-corrected chi connectivity index (χ1v) is 12.3. The highest BCUT2D eigenvalue weighted by Crippen LogP contribution is 2.36. The molecule has 0 aromatic heterocycles. The van der Waals surface area contributed by atoms with Crippen LogP contribution in [0.3, 0.4) is 0 Å². The Labute approximate surface area is 128 Å². The zero-order valence-corrected chi connectivity index (χ0v) is 14.9. The number of carbonyl (C=O) groups is 1. The second kappa shape index (κ2) is 5.66. The molecule has 6 heteroatoms. The lowest BCUT2D eigenvalue weighted by atomic mass is 10.4. The number of benzene rings is 1. The second-order valence-corrected chi connectivity index (χ2v) is 13.9. The standard InChI is InChI=1S/C15H23NO3SSi/c1-12(17)15(21(2,3)4)16(13-10-11-13)20(18,19)14-8-6-5-7-9-14/h5-9,13,15H,10-11H2,1-4H3. The molecule has 0 heterocycles. The summed E-state index contributed by atoms with van der Waals surface area (Å²) in [7, 11) is -5.60. The Bertz CT molecular complexity index is 618. The minimum atomic E-state index is -3.62. The topological polar surface area (TPSA) is 54.5 Å². The molecule has 0 N–H and O–H groups in total. The van der Waals surface area contributed by atoms with Crippen LogP contribution in [0.15, 0.2) is 35.2 Å². The number of sulfonamides is 1. The Morgan fingerprint density at radius 2 is 1.71 bits per heavy atom. The summed E-state index contributed by atoms with van der Waals surface area (Å²) in [5, 5.41) is 0. The number of carbonyl (C=O) groups excluding carboxylic acids is 1. The summed E-state index contributed by atoms with van der Waals surface area (Å²) < 4.78 is 27.5. The average molecular weight is 326 g/mol. The summed E-state index contributed by atoms with van der Waals surface area (Å²) in [6.07, 6.45) is 1.70. The second-order valence-electron chi connectivity index (χ2n) is 6.76. The van der Waals surface area contributed by atoms with Crippen molar-refractivity contribution in [3.8, 4) is 0 Å². The largest absolute Gasteiger partial charge is 0.299 e. The van der Waals surface area contributed by atoms with Gasteiger partial charge in [-0.2, -0.15) is 4.31 Å². The van der Waals surface area contributed by atoms with Crippen LogP contribution in [0.4, 0.5) is 0 Å². The third-order valence-corrected chi connectivity index (χ3v) is 8.13. The highest BCUT2D eigenvalue weighted by atomic mass is 32.2. The first-order chi connectivity index (χ1) is 9.65. The van der Waals surface area contributed by atoms with Gasteiger partial charge in [0.05, 0.1) is 18.6 Å². The molecule has 1 aromatic rings. The molecule has 1 aliphatic rings. The lowest BCUT2D eigenvalue weighted by Crippen LogP contribution is -2.57. The normalized spacial score (nSPS) is 17.8. The van der Waals surface area contributed by atoms with Crippen LogP contribution in [0.1, 0.15) is 19.8 Å². The monoisotopic (exact) mass is 325 g/mol. The third-order valence-electron chi connectivity index (χ3n) is 3.69. The highest BCUT2D eigenvalue weighted by molar-refractivity contribution is 7.89. The van der Waals surface area contributed by atoms with Crippen molar-refractivity contribution >= 4 is 23.9 Å². The average Bonchev–Trinajstić information content (AvgIpc) is 3.18. The SMILES string of the molecule is CC(=O)C(N(C1CC1)S(=O)(=O)c1ccccc1)[Si](C)(C)C. The first-order valence-electron chi connectivity index (χ1n) is 7.25. The van der Waals surface area contributed by atoms with E-state index in [0.29, 0.717) is 0 Å². The van der Waals surface area contributed by atoms with E-state index in [1.165, 1.54) is 11.2 Å². The summed E-state index contributed by atoms with van der Waals surface area (Å²) in [6.45, 7) is 7.66. The van der Waals surface area contributed by atoms with Crippen LogP contribution < -0.4 is 0 Å². The number of nitrogens with zero attached hydrogens (tertiary/aromatic N) is 1. The molecular formula is C15H23NO3SSi. The van der Waals surface area contributed by atoms with Crippen LogP contribution in [0.2, 0.25) is 19.6 Å². The first kappa shape index (κ1) is 16.4. The molecule has 2 rings (SSSR count). The van der Waals surface area contributed by atoms with E-state index in [9.17, 15) is 13.2 Å². The van der Waals surface area contributed by atoms with Crippen LogP contribution in [0.5, 0.6) is 0 Å². The molecule has 4 nitrogen and oxygen atoms in total. The lowest BCUT2D eigenvalue weighted by molar-refractivity contribution is -0.118. The van der Waals surface area contributed by atoms with Gasteiger partial charge in [0.2, 0.25) is 10.0 Å². The fraction of sp³-hybridized carbons (Fsp3) is 0.533. The van der Waals surface area contributed by atoms with E-state index in [2.05, 4.69) is 19.6 Å². The molecule has 0 bridgehead atoms. The van der Waals surface area contributed by atoms with Crippen molar-refractivity contribution < 1.29 is 13.2 Å². The molecule has 0 saturated heterocycles. The Kier molecular flexibility index (Phi) is 4.42. The van der Waals surface area contributed by atoms with Crippen LogP contribution in [0.25, 0.3) is 0 Å². The van der Waals surface area contributed by atoms with E-state index >= 15 is 0 Å². The molecule has 21 heavy (non-hydrogen) atoms. The van der Waals surface area contributed by atoms with Crippen molar-refractivity contribution in [2.45, 2.75) is 56.0 Å². The molecule has 0 aliphatic heterocycles. The van der Waals surface area contributed by atoms with Gasteiger partial charge in [0.15, 0.2) is 0 Å². The molecule has 1 fully saturated rings. The highest BCUT2D eigenvalue weighted by Gasteiger charge is 2.48. The minimum Gasteiger partial charge on any atom is -0.299 e. The quantitative estimate of drug-likeness (QED) is 0.756. The summed E-state index contributed by atoms with van der Waals surface area (Å²) in [5.74, 6) is -0.0411. The van der Waals surface area contributed by atoms with Crippen LogP contribution >= 0.6 is 0 Å². The van der Waals surface area contributed by atoms with Crippen LogP contribution in [0, 0.1) is 0 Å². The van der Waals surface area contributed by atoms with E-state index in [-0.39, 0.29) is 16.7 Å². The number of hydrogen-bond donors (Lipinski definition) is 0. The van der Waals surface area contributed by atoms with Crippen molar-refractivity contribution in [1.29, 1.82) is 0 Å². The van der Waals surface area contributed by atoms with E-state index in [1.807, 2.05) is 0 Å². The fourth-order valence-corrected chi connectivity index (χ4v) is 8.09. The molecule has 1 aliphatic carbocycles. The van der Waals surface area contributed by atoms with E-state index in [0.717, 1.165) is 12.8 Å². The summed E-state index contributed by atoms with van der Waals surface area (Å²) >= 11 is 0. The Hall–Kier alpha value is -0.983. The number of ketones is 1. The molecule has 1 atom stereocenters. The Morgan fingerprint density at radius 1 is 1.19 bits per heavy atom. The van der Waals surface area contributed by atoms with Crippen molar-refractivity contribution in [3.05, 3.63) is 30.3 Å². The molecule has 1 saturated carbocycles. The van der Waals surface area contributed by atoms with Gasteiger partial charge in [-0.25, -0.2) is 8.42 Å². The van der Waals surface area contributed by atoms with Crippen molar-refractivity contribution in [2.75, 3.05) is 0 Å². The van der Waals surface area contributed by atoms with E-state index < -0.39 is 23.8 Å². The maximum absolute atomic E-state index is 13.0. The molecule has 0 amide bonds. The predicted octanol–water partition coefficient (Wildman–Crippen LogP) is 2.67. The zero-order chi connectivity index (χ0) is 15.8. The molecule has 1 unspecified atom stereocenters. The Balaban J connectivity index is 2.51. The number of rotatable bonds is 6. The van der Waals surface area contributed by atoms with Gasteiger partial charge in [-0.15, -0.1) is 0 Å². The summed E-state index contributed by atoms with van der Waals surface area (Å²) in [4.78, 5) is 12.4.